The molecule has 1 amide bonds. The predicted molar refractivity (Wildman–Crippen MR) is 73.0 cm³/mol. The number of carbonyl (C=O) groups is 1. The number of H-pyrrole nitrogens is 1. The Bertz CT molecular complexity index is 683. The maximum absolute atomic E-state index is 12.0. The van der Waals surface area contributed by atoms with Crippen LogP contribution in [0.3, 0.4) is 0 Å². The summed E-state index contributed by atoms with van der Waals surface area (Å²) in [6, 6.07) is 11.3. The smallest absolute Gasteiger partial charge is 0.251 e. The van der Waals surface area contributed by atoms with E-state index in [4.69, 9.17) is 4.42 Å². The molecular weight excluding hydrogens is 240 g/mol. The SMILES string of the molecule is O=C(NCCc1ccco1)c1ccc2[nH]ccc2c1. The van der Waals surface area contributed by atoms with E-state index in [1.54, 1.807) is 6.26 Å². The van der Waals surface area contributed by atoms with Gasteiger partial charge in [0.05, 0.1) is 6.26 Å². The number of nitrogens with one attached hydrogen (secondary N) is 2. The van der Waals surface area contributed by atoms with Gasteiger partial charge in [-0.3, -0.25) is 4.79 Å². The van der Waals surface area contributed by atoms with Gasteiger partial charge >= 0.3 is 0 Å². The molecular formula is C15H14N2O2. The molecule has 4 heteroatoms. The molecule has 0 saturated carbocycles. The highest BCUT2D eigenvalue weighted by atomic mass is 16.3. The van der Waals surface area contributed by atoms with Crippen molar-refractivity contribution in [2.24, 2.45) is 0 Å². The molecule has 96 valence electrons. The molecule has 0 aliphatic carbocycles. The van der Waals surface area contributed by atoms with Crippen molar-refractivity contribution in [2.45, 2.75) is 6.42 Å². The van der Waals surface area contributed by atoms with E-state index in [-0.39, 0.29) is 5.91 Å². The summed E-state index contributed by atoms with van der Waals surface area (Å²) in [7, 11) is 0. The molecule has 3 rings (SSSR count). The lowest BCUT2D eigenvalue weighted by Crippen LogP contribution is -2.25. The molecule has 4 nitrogen and oxygen atoms in total. The molecule has 19 heavy (non-hydrogen) atoms. The van der Waals surface area contributed by atoms with E-state index in [2.05, 4.69) is 10.3 Å². The molecule has 0 spiro atoms. The first kappa shape index (κ1) is 11.6. The van der Waals surface area contributed by atoms with E-state index < -0.39 is 0 Å². The van der Waals surface area contributed by atoms with Gasteiger partial charge in [-0.15, -0.1) is 0 Å². The summed E-state index contributed by atoms with van der Waals surface area (Å²) in [5.74, 6) is 0.816. The zero-order valence-electron chi connectivity index (χ0n) is 10.3. The van der Waals surface area contributed by atoms with Gasteiger partial charge in [0, 0.05) is 35.6 Å². The van der Waals surface area contributed by atoms with Gasteiger partial charge in [-0.05, 0) is 36.4 Å². The Hall–Kier alpha value is -2.49. The maximum atomic E-state index is 12.0. The highest BCUT2D eigenvalue weighted by molar-refractivity contribution is 5.98. The second-order valence-corrected chi connectivity index (χ2v) is 4.36. The standard InChI is InChI=1S/C15H14N2O2/c18-15(17-8-6-13-2-1-9-19-13)12-3-4-14-11(10-12)5-7-16-14/h1-5,7,9-10,16H,6,8H2,(H,17,18). The summed E-state index contributed by atoms with van der Waals surface area (Å²) in [5, 5.41) is 3.93. The molecule has 0 aliphatic heterocycles. The van der Waals surface area contributed by atoms with Gasteiger partial charge < -0.3 is 14.7 Å². The normalized spacial score (nSPS) is 10.7. The number of carbonyl (C=O) groups excluding carboxylic acids is 1. The fourth-order valence-electron chi connectivity index (χ4n) is 2.05. The van der Waals surface area contributed by atoms with Crippen molar-refractivity contribution in [2.75, 3.05) is 6.54 Å². The number of aromatic nitrogens is 1. The minimum absolute atomic E-state index is 0.0605. The molecule has 3 aromatic rings. The van der Waals surface area contributed by atoms with Gasteiger partial charge in [0.2, 0.25) is 0 Å². The summed E-state index contributed by atoms with van der Waals surface area (Å²) in [4.78, 5) is 15.1. The van der Waals surface area contributed by atoms with E-state index >= 15 is 0 Å². The van der Waals surface area contributed by atoms with E-state index in [1.807, 2.05) is 42.6 Å². The number of benzene rings is 1. The lowest BCUT2D eigenvalue weighted by molar-refractivity contribution is 0.0954. The lowest BCUT2D eigenvalue weighted by Gasteiger charge is -2.04. The Morgan fingerprint density at radius 2 is 2.21 bits per heavy atom. The number of amides is 1. The predicted octanol–water partition coefficient (Wildman–Crippen LogP) is 2.73. The third kappa shape index (κ3) is 2.52. The summed E-state index contributed by atoms with van der Waals surface area (Å²) in [6.45, 7) is 0.567. The first-order valence-corrected chi connectivity index (χ1v) is 6.21. The van der Waals surface area contributed by atoms with Crippen LogP contribution in [-0.2, 0) is 6.42 Å². The van der Waals surface area contributed by atoms with Crippen molar-refractivity contribution in [1.29, 1.82) is 0 Å². The zero-order valence-corrected chi connectivity index (χ0v) is 10.3. The number of aromatic amines is 1. The van der Waals surface area contributed by atoms with E-state index in [0.29, 0.717) is 18.5 Å². The first-order chi connectivity index (χ1) is 9.33. The molecule has 2 heterocycles. The van der Waals surface area contributed by atoms with Gasteiger partial charge in [0.25, 0.3) is 5.91 Å². The number of fused-ring (bicyclic) bond motifs is 1. The van der Waals surface area contributed by atoms with Crippen LogP contribution in [0.25, 0.3) is 10.9 Å². The molecule has 0 aliphatic rings. The van der Waals surface area contributed by atoms with E-state index in [0.717, 1.165) is 16.7 Å². The van der Waals surface area contributed by atoms with Gasteiger partial charge in [0.1, 0.15) is 5.76 Å². The minimum Gasteiger partial charge on any atom is -0.469 e. The van der Waals surface area contributed by atoms with Crippen molar-refractivity contribution in [3.63, 3.8) is 0 Å². The second kappa shape index (κ2) is 5.02. The average Bonchev–Trinajstić information content (AvgIpc) is 3.08. The molecule has 0 bridgehead atoms. The number of hydrogen-bond donors (Lipinski definition) is 2. The monoisotopic (exact) mass is 254 g/mol. The largest absolute Gasteiger partial charge is 0.469 e. The maximum Gasteiger partial charge on any atom is 0.251 e. The Morgan fingerprint density at radius 1 is 1.26 bits per heavy atom. The van der Waals surface area contributed by atoms with Gasteiger partial charge in [-0.2, -0.15) is 0 Å². The van der Waals surface area contributed by atoms with E-state index in [9.17, 15) is 4.79 Å². The highest BCUT2D eigenvalue weighted by Crippen LogP contribution is 2.14. The molecule has 0 radical (unpaired) electrons. The van der Waals surface area contributed by atoms with Crippen LogP contribution in [0, 0.1) is 0 Å². The van der Waals surface area contributed by atoms with Crippen LogP contribution in [0.5, 0.6) is 0 Å². The summed E-state index contributed by atoms with van der Waals surface area (Å²) < 4.78 is 5.21. The quantitative estimate of drug-likeness (QED) is 0.752. The Morgan fingerprint density at radius 3 is 3.05 bits per heavy atom. The third-order valence-electron chi connectivity index (χ3n) is 3.05. The van der Waals surface area contributed by atoms with Gasteiger partial charge in [-0.1, -0.05) is 0 Å². The van der Waals surface area contributed by atoms with Gasteiger partial charge in [0.15, 0.2) is 0 Å². The van der Waals surface area contributed by atoms with Crippen LogP contribution in [0.2, 0.25) is 0 Å². The molecule has 0 fully saturated rings. The average molecular weight is 254 g/mol. The Kier molecular flexibility index (Phi) is 3.06. The molecule has 0 saturated heterocycles. The van der Waals surface area contributed by atoms with Crippen LogP contribution < -0.4 is 5.32 Å². The number of furan rings is 1. The van der Waals surface area contributed by atoms with Crippen LogP contribution in [0.15, 0.2) is 53.3 Å². The van der Waals surface area contributed by atoms with Crippen molar-refractivity contribution in [3.05, 3.63) is 60.2 Å². The number of hydrogen-bond acceptors (Lipinski definition) is 2. The minimum atomic E-state index is -0.0605. The van der Waals surface area contributed by atoms with Crippen LogP contribution >= 0.6 is 0 Å². The Labute approximate surface area is 110 Å². The molecule has 0 unspecified atom stereocenters. The first-order valence-electron chi connectivity index (χ1n) is 6.21. The van der Waals surface area contributed by atoms with Crippen LogP contribution in [0.1, 0.15) is 16.1 Å². The molecule has 2 N–H and O–H groups in total. The highest BCUT2D eigenvalue weighted by Gasteiger charge is 2.06. The topological polar surface area (TPSA) is 58.0 Å². The molecule has 1 aromatic carbocycles. The summed E-state index contributed by atoms with van der Waals surface area (Å²) >= 11 is 0. The fourth-order valence-corrected chi connectivity index (χ4v) is 2.05. The van der Waals surface area contributed by atoms with Crippen LogP contribution in [0.4, 0.5) is 0 Å². The zero-order chi connectivity index (χ0) is 13.1. The summed E-state index contributed by atoms with van der Waals surface area (Å²) in [6.07, 6.45) is 4.20. The second-order valence-electron chi connectivity index (χ2n) is 4.36. The molecule has 2 aromatic heterocycles. The molecule has 0 atom stereocenters. The van der Waals surface area contributed by atoms with Crippen molar-refractivity contribution >= 4 is 16.8 Å². The summed E-state index contributed by atoms with van der Waals surface area (Å²) in [5.41, 5.74) is 1.71. The van der Waals surface area contributed by atoms with Gasteiger partial charge in [-0.25, -0.2) is 0 Å². The van der Waals surface area contributed by atoms with Crippen molar-refractivity contribution < 1.29 is 9.21 Å². The number of rotatable bonds is 4. The fraction of sp³-hybridized carbons (Fsp3) is 0.133. The van der Waals surface area contributed by atoms with E-state index in [1.165, 1.54) is 0 Å². The van der Waals surface area contributed by atoms with Crippen LogP contribution in [-0.4, -0.2) is 17.4 Å². The lowest BCUT2D eigenvalue weighted by atomic mass is 10.1. The van der Waals surface area contributed by atoms with Crippen molar-refractivity contribution in [3.8, 4) is 0 Å². The Balaban J connectivity index is 1.63. The third-order valence-corrected chi connectivity index (χ3v) is 3.05. The van der Waals surface area contributed by atoms with Crippen molar-refractivity contribution in [1.82, 2.24) is 10.3 Å².